The molecule has 1 unspecified atom stereocenters. The molecular weight excluding hydrogens is 332 g/mol. The fraction of sp³-hybridized carbons (Fsp3) is 0.250. The molecule has 0 saturated carbocycles. The number of nitrogens with one attached hydrogen (secondary N) is 1. The van der Waals surface area contributed by atoms with E-state index in [1.54, 1.807) is 0 Å². The van der Waals surface area contributed by atoms with Crippen LogP contribution in [0.25, 0.3) is 21.8 Å². The number of aliphatic hydroxyl groups is 1. The maximum Gasteiger partial charge on any atom is 0.0891 e. The highest BCUT2D eigenvalue weighted by atomic mass is 16.3. The van der Waals surface area contributed by atoms with Crippen LogP contribution in [0, 0.1) is 0 Å². The Morgan fingerprint density at radius 3 is 1.93 bits per heavy atom. The minimum atomic E-state index is -0.478. The summed E-state index contributed by atoms with van der Waals surface area (Å²) in [5.41, 5.74) is 4.70. The summed E-state index contributed by atoms with van der Waals surface area (Å²) in [5, 5.41) is 16.5. The molecule has 0 spiro atoms. The predicted molar refractivity (Wildman–Crippen MR) is 114 cm³/mol. The first-order chi connectivity index (χ1) is 13.1. The van der Waals surface area contributed by atoms with Crippen molar-refractivity contribution in [2.45, 2.75) is 32.4 Å². The first-order valence-electron chi connectivity index (χ1n) is 9.61. The average Bonchev–Trinajstić information content (AvgIpc) is 3.01. The van der Waals surface area contributed by atoms with Crippen molar-refractivity contribution in [2.75, 3.05) is 11.9 Å². The van der Waals surface area contributed by atoms with Crippen molar-refractivity contribution < 1.29 is 5.11 Å². The average molecular weight is 358 g/mol. The van der Waals surface area contributed by atoms with Gasteiger partial charge in [-0.05, 0) is 35.7 Å². The zero-order chi connectivity index (χ0) is 18.8. The van der Waals surface area contributed by atoms with Gasteiger partial charge in [-0.2, -0.15) is 0 Å². The SMILES string of the molecule is CC(C)c1ccc(NCC(O)Cn2c3ccccc3c3ccccc32)cc1. The second-order valence-corrected chi connectivity index (χ2v) is 7.46. The van der Waals surface area contributed by atoms with Crippen LogP contribution in [0.2, 0.25) is 0 Å². The van der Waals surface area contributed by atoms with Gasteiger partial charge in [-0.25, -0.2) is 0 Å². The third-order valence-electron chi connectivity index (χ3n) is 5.19. The summed E-state index contributed by atoms with van der Waals surface area (Å²) in [6, 6.07) is 25.3. The number of aliphatic hydroxyl groups excluding tert-OH is 1. The summed E-state index contributed by atoms with van der Waals surface area (Å²) < 4.78 is 2.22. The van der Waals surface area contributed by atoms with Crippen LogP contribution in [-0.2, 0) is 6.54 Å². The summed E-state index contributed by atoms with van der Waals surface area (Å²) in [6.07, 6.45) is -0.478. The number of fused-ring (bicyclic) bond motifs is 3. The van der Waals surface area contributed by atoms with E-state index in [0.717, 1.165) is 5.69 Å². The van der Waals surface area contributed by atoms with Gasteiger partial charge in [0.1, 0.15) is 0 Å². The van der Waals surface area contributed by atoms with E-state index < -0.39 is 6.10 Å². The molecule has 3 aromatic carbocycles. The predicted octanol–water partition coefficient (Wildman–Crippen LogP) is 5.39. The van der Waals surface area contributed by atoms with Crippen LogP contribution in [-0.4, -0.2) is 22.3 Å². The first kappa shape index (κ1) is 17.6. The minimum absolute atomic E-state index is 0.478. The van der Waals surface area contributed by atoms with Crippen molar-refractivity contribution in [1.82, 2.24) is 4.57 Å². The highest BCUT2D eigenvalue weighted by Gasteiger charge is 2.13. The van der Waals surface area contributed by atoms with Gasteiger partial charge in [-0.3, -0.25) is 0 Å². The molecule has 27 heavy (non-hydrogen) atoms. The van der Waals surface area contributed by atoms with Crippen molar-refractivity contribution in [1.29, 1.82) is 0 Å². The topological polar surface area (TPSA) is 37.2 Å². The summed E-state index contributed by atoms with van der Waals surface area (Å²) in [4.78, 5) is 0. The molecular formula is C24H26N2O. The molecule has 138 valence electrons. The van der Waals surface area contributed by atoms with E-state index in [9.17, 15) is 5.11 Å². The molecule has 1 aromatic heterocycles. The zero-order valence-electron chi connectivity index (χ0n) is 15.9. The van der Waals surface area contributed by atoms with Crippen LogP contribution in [0.1, 0.15) is 25.3 Å². The largest absolute Gasteiger partial charge is 0.389 e. The quantitative estimate of drug-likeness (QED) is 0.485. The van der Waals surface area contributed by atoms with Crippen molar-refractivity contribution >= 4 is 27.5 Å². The third kappa shape index (κ3) is 3.56. The lowest BCUT2D eigenvalue weighted by Crippen LogP contribution is -2.24. The Labute approximate surface area is 160 Å². The standard InChI is InChI=1S/C24H26N2O/c1-17(2)18-11-13-19(14-12-18)25-15-20(27)16-26-23-9-5-3-7-21(23)22-8-4-6-10-24(22)26/h3-14,17,20,25,27H,15-16H2,1-2H3. The van der Waals surface area contributed by atoms with Crippen molar-refractivity contribution in [3.63, 3.8) is 0 Å². The Kier molecular flexibility index (Phi) is 4.87. The number of anilines is 1. The molecule has 0 aliphatic heterocycles. The maximum absolute atomic E-state index is 10.7. The molecule has 1 heterocycles. The Morgan fingerprint density at radius 2 is 1.37 bits per heavy atom. The van der Waals surface area contributed by atoms with Gasteiger partial charge in [0.2, 0.25) is 0 Å². The lowest BCUT2D eigenvalue weighted by Gasteiger charge is -2.16. The molecule has 0 amide bonds. The Morgan fingerprint density at radius 1 is 0.815 bits per heavy atom. The minimum Gasteiger partial charge on any atom is -0.389 e. The summed E-state index contributed by atoms with van der Waals surface area (Å²) >= 11 is 0. The molecule has 0 bridgehead atoms. The monoisotopic (exact) mass is 358 g/mol. The normalized spacial score (nSPS) is 12.7. The van der Waals surface area contributed by atoms with Crippen LogP contribution in [0.15, 0.2) is 72.8 Å². The lowest BCUT2D eigenvalue weighted by molar-refractivity contribution is 0.169. The van der Waals surface area contributed by atoms with Gasteiger partial charge in [-0.15, -0.1) is 0 Å². The molecule has 0 fully saturated rings. The molecule has 0 aliphatic carbocycles. The third-order valence-corrected chi connectivity index (χ3v) is 5.19. The molecule has 1 atom stereocenters. The Bertz CT molecular complexity index is 994. The van der Waals surface area contributed by atoms with Crippen LogP contribution in [0.4, 0.5) is 5.69 Å². The van der Waals surface area contributed by atoms with Gasteiger partial charge in [0, 0.05) is 34.0 Å². The number of para-hydroxylation sites is 2. The molecule has 3 nitrogen and oxygen atoms in total. The summed E-state index contributed by atoms with van der Waals surface area (Å²) in [6.45, 7) is 5.46. The number of hydrogen-bond acceptors (Lipinski definition) is 2. The maximum atomic E-state index is 10.7. The smallest absolute Gasteiger partial charge is 0.0891 e. The van der Waals surface area contributed by atoms with E-state index >= 15 is 0 Å². The molecule has 0 radical (unpaired) electrons. The van der Waals surface area contributed by atoms with E-state index in [1.165, 1.54) is 27.4 Å². The fourth-order valence-electron chi connectivity index (χ4n) is 3.70. The Hall–Kier alpha value is -2.78. The Balaban J connectivity index is 1.51. The summed E-state index contributed by atoms with van der Waals surface area (Å²) in [5.74, 6) is 0.528. The number of nitrogens with zero attached hydrogens (tertiary/aromatic N) is 1. The van der Waals surface area contributed by atoms with E-state index in [4.69, 9.17) is 0 Å². The number of benzene rings is 3. The van der Waals surface area contributed by atoms with Crippen LogP contribution < -0.4 is 5.32 Å². The van der Waals surface area contributed by atoms with Crippen molar-refractivity contribution in [2.24, 2.45) is 0 Å². The summed E-state index contributed by atoms with van der Waals surface area (Å²) in [7, 11) is 0. The van der Waals surface area contributed by atoms with Gasteiger partial charge in [0.25, 0.3) is 0 Å². The highest BCUT2D eigenvalue weighted by Crippen LogP contribution is 2.28. The highest BCUT2D eigenvalue weighted by molar-refractivity contribution is 6.07. The molecule has 3 heteroatoms. The van der Waals surface area contributed by atoms with E-state index in [0.29, 0.717) is 19.0 Å². The fourth-order valence-corrected chi connectivity index (χ4v) is 3.70. The van der Waals surface area contributed by atoms with E-state index in [1.807, 2.05) is 0 Å². The van der Waals surface area contributed by atoms with Gasteiger partial charge in [0.05, 0.1) is 12.6 Å². The van der Waals surface area contributed by atoms with Gasteiger partial charge in [0.15, 0.2) is 0 Å². The molecule has 4 rings (SSSR count). The van der Waals surface area contributed by atoms with Gasteiger partial charge < -0.3 is 15.0 Å². The van der Waals surface area contributed by atoms with Crippen molar-refractivity contribution in [3.8, 4) is 0 Å². The van der Waals surface area contributed by atoms with Crippen LogP contribution in [0.3, 0.4) is 0 Å². The van der Waals surface area contributed by atoms with Gasteiger partial charge in [-0.1, -0.05) is 62.4 Å². The second-order valence-electron chi connectivity index (χ2n) is 7.46. The molecule has 0 aliphatic rings. The second kappa shape index (κ2) is 7.45. The lowest BCUT2D eigenvalue weighted by atomic mass is 10.0. The number of aromatic nitrogens is 1. The van der Waals surface area contributed by atoms with Crippen molar-refractivity contribution in [3.05, 3.63) is 78.4 Å². The molecule has 0 saturated heterocycles. The molecule has 4 aromatic rings. The zero-order valence-corrected chi connectivity index (χ0v) is 15.9. The van der Waals surface area contributed by atoms with E-state index in [-0.39, 0.29) is 0 Å². The van der Waals surface area contributed by atoms with Gasteiger partial charge >= 0.3 is 0 Å². The van der Waals surface area contributed by atoms with E-state index in [2.05, 4.69) is 96.5 Å². The number of hydrogen-bond donors (Lipinski definition) is 2. The number of rotatable bonds is 6. The first-order valence-corrected chi connectivity index (χ1v) is 9.61. The van der Waals surface area contributed by atoms with Crippen LogP contribution >= 0.6 is 0 Å². The molecule has 2 N–H and O–H groups in total. The van der Waals surface area contributed by atoms with Crippen LogP contribution in [0.5, 0.6) is 0 Å².